The summed E-state index contributed by atoms with van der Waals surface area (Å²) in [6.07, 6.45) is 0. The molecule has 0 aliphatic rings. The molecule has 0 aliphatic carbocycles. The molecule has 0 radical (unpaired) electrons. The van der Waals surface area contributed by atoms with Gasteiger partial charge in [-0.1, -0.05) is 58.0 Å². The van der Waals surface area contributed by atoms with E-state index in [1.807, 2.05) is 66.1 Å². The van der Waals surface area contributed by atoms with Gasteiger partial charge in [-0.3, -0.25) is 4.79 Å². The number of ketones is 1. The summed E-state index contributed by atoms with van der Waals surface area (Å²) in [5, 5.41) is 9.16. The largest absolute Gasteiger partial charge is 0.486 e. The Morgan fingerprint density at radius 2 is 1.85 bits per heavy atom. The molecular formula is C19H18BrN3O2S. The molecule has 134 valence electrons. The standard InChI is InChI=1S/C19H18BrN3O2S/c1-2-23-18(12-25-16-6-4-3-5-7-16)21-22-19(23)26-13-17(24)14-8-10-15(20)11-9-14/h3-11H,2,12-13H2,1H3. The molecule has 3 rings (SSSR count). The number of aromatic nitrogens is 3. The first kappa shape index (κ1) is 18.7. The molecule has 5 nitrogen and oxygen atoms in total. The number of thioether (sulfide) groups is 1. The molecule has 1 aromatic heterocycles. The van der Waals surface area contributed by atoms with Gasteiger partial charge < -0.3 is 9.30 Å². The van der Waals surface area contributed by atoms with Crippen LogP contribution in [0.3, 0.4) is 0 Å². The van der Waals surface area contributed by atoms with Crippen molar-refractivity contribution in [1.82, 2.24) is 14.8 Å². The van der Waals surface area contributed by atoms with Crippen LogP contribution < -0.4 is 4.74 Å². The minimum atomic E-state index is 0.0650. The Labute approximate surface area is 164 Å². The van der Waals surface area contributed by atoms with Crippen LogP contribution in [0.4, 0.5) is 0 Å². The first-order valence-corrected chi connectivity index (χ1v) is 9.96. The fraction of sp³-hybridized carbons (Fsp3) is 0.211. The molecule has 0 unspecified atom stereocenters. The highest BCUT2D eigenvalue weighted by molar-refractivity contribution is 9.10. The lowest BCUT2D eigenvalue weighted by Crippen LogP contribution is -2.08. The second-order valence-electron chi connectivity index (χ2n) is 5.46. The average molecular weight is 432 g/mol. The number of hydrogen-bond donors (Lipinski definition) is 0. The fourth-order valence-electron chi connectivity index (χ4n) is 2.36. The number of benzene rings is 2. The summed E-state index contributed by atoms with van der Waals surface area (Å²) in [5.41, 5.74) is 0.691. The van der Waals surface area contributed by atoms with Gasteiger partial charge in [0.15, 0.2) is 16.8 Å². The van der Waals surface area contributed by atoms with E-state index in [1.165, 1.54) is 11.8 Å². The fourth-order valence-corrected chi connectivity index (χ4v) is 3.54. The van der Waals surface area contributed by atoms with Crippen LogP contribution in [0.2, 0.25) is 0 Å². The van der Waals surface area contributed by atoms with Gasteiger partial charge in [0.05, 0.1) is 5.75 Å². The van der Waals surface area contributed by atoms with Crippen LogP contribution in [-0.4, -0.2) is 26.3 Å². The molecule has 0 saturated carbocycles. The summed E-state index contributed by atoms with van der Waals surface area (Å²) in [4.78, 5) is 12.3. The molecule has 0 N–H and O–H groups in total. The summed E-state index contributed by atoms with van der Waals surface area (Å²) in [6.45, 7) is 3.08. The highest BCUT2D eigenvalue weighted by atomic mass is 79.9. The zero-order valence-corrected chi connectivity index (χ0v) is 16.7. The van der Waals surface area contributed by atoms with E-state index >= 15 is 0 Å². The van der Waals surface area contributed by atoms with Crippen molar-refractivity contribution in [2.24, 2.45) is 0 Å². The maximum Gasteiger partial charge on any atom is 0.191 e. The predicted octanol–water partition coefficient (Wildman–Crippen LogP) is 4.61. The molecule has 0 spiro atoms. The second kappa shape index (κ2) is 9.00. The third-order valence-corrected chi connectivity index (χ3v) is 5.21. The summed E-state index contributed by atoms with van der Waals surface area (Å²) in [6, 6.07) is 17.0. The first-order valence-electron chi connectivity index (χ1n) is 8.19. The van der Waals surface area contributed by atoms with E-state index in [0.717, 1.165) is 27.7 Å². The van der Waals surface area contributed by atoms with Crippen LogP contribution in [0.15, 0.2) is 64.2 Å². The number of Topliss-reactive ketones (excluding diaryl/α,β-unsaturated/α-hetero) is 1. The molecule has 26 heavy (non-hydrogen) atoms. The Hall–Kier alpha value is -2.12. The van der Waals surface area contributed by atoms with Crippen LogP contribution in [0.5, 0.6) is 5.75 Å². The smallest absolute Gasteiger partial charge is 0.191 e. The lowest BCUT2D eigenvalue weighted by atomic mass is 10.2. The summed E-state index contributed by atoms with van der Waals surface area (Å²) in [5.74, 6) is 1.92. The first-order chi connectivity index (χ1) is 12.7. The Balaban J connectivity index is 1.62. The molecule has 7 heteroatoms. The van der Waals surface area contributed by atoms with E-state index in [9.17, 15) is 4.79 Å². The molecule has 0 saturated heterocycles. The second-order valence-corrected chi connectivity index (χ2v) is 7.32. The minimum absolute atomic E-state index is 0.0650. The number of para-hydroxylation sites is 1. The summed E-state index contributed by atoms with van der Waals surface area (Å²) >= 11 is 4.77. The van der Waals surface area contributed by atoms with Gasteiger partial charge in [0.25, 0.3) is 0 Å². The van der Waals surface area contributed by atoms with E-state index in [4.69, 9.17) is 4.74 Å². The number of carbonyl (C=O) groups is 1. The van der Waals surface area contributed by atoms with Gasteiger partial charge in [-0.2, -0.15) is 0 Å². The SMILES string of the molecule is CCn1c(COc2ccccc2)nnc1SCC(=O)c1ccc(Br)cc1. The quantitative estimate of drug-likeness (QED) is 0.384. The molecular weight excluding hydrogens is 414 g/mol. The van der Waals surface area contributed by atoms with Crippen molar-refractivity contribution in [1.29, 1.82) is 0 Å². The molecule has 0 aliphatic heterocycles. The lowest BCUT2D eigenvalue weighted by Gasteiger charge is -2.08. The van der Waals surface area contributed by atoms with E-state index in [-0.39, 0.29) is 5.78 Å². The molecule has 0 fully saturated rings. The number of rotatable bonds is 8. The third-order valence-electron chi connectivity index (χ3n) is 3.72. The van der Waals surface area contributed by atoms with E-state index in [2.05, 4.69) is 26.1 Å². The number of hydrogen-bond acceptors (Lipinski definition) is 5. The van der Waals surface area contributed by atoms with Gasteiger partial charge in [0.1, 0.15) is 12.4 Å². The highest BCUT2D eigenvalue weighted by Gasteiger charge is 2.14. The van der Waals surface area contributed by atoms with Gasteiger partial charge in [-0.05, 0) is 31.2 Å². The Bertz CT molecular complexity index is 866. The maximum atomic E-state index is 12.3. The number of halogens is 1. The van der Waals surface area contributed by atoms with Crippen molar-refractivity contribution in [2.45, 2.75) is 25.2 Å². The van der Waals surface area contributed by atoms with Crippen molar-refractivity contribution >= 4 is 33.5 Å². The molecule has 0 bridgehead atoms. The number of carbonyl (C=O) groups excluding carboxylic acids is 1. The maximum absolute atomic E-state index is 12.3. The normalized spacial score (nSPS) is 10.7. The van der Waals surface area contributed by atoms with Gasteiger partial charge in [0, 0.05) is 16.6 Å². The molecule has 1 heterocycles. The van der Waals surface area contributed by atoms with E-state index < -0.39 is 0 Å². The Morgan fingerprint density at radius 3 is 2.54 bits per heavy atom. The monoisotopic (exact) mass is 431 g/mol. The minimum Gasteiger partial charge on any atom is -0.486 e. The van der Waals surface area contributed by atoms with E-state index in [1.54, 1.807) is 0 Å². The van der Waals surface area contributed by atoms with Crippen molar-refractivity contribution in [3.8, 4) is 5.75 Å². The summed E-state index contributed by atoms with van der Waals surface area (Å²) < 4.78 is 8.68. The van der Waals surface area contributed by atoms with E-state index in [0.29, 0.717) is 17.9 Å². The number of ether oxygens (including phenoxy) is 1. The van der Waals surface area contributed by atoms with Gasteiger partial charge >= 0.3 is 0 Å². The topological polar surface area (TPSA) is 57.0 Å². The van der Waals surface area contributed by atoms with Crippen LogP contribution in [0.25, 0.3) is 0 Å². The van der Waals surface area contributed by atoms with Crippen LogP contribution in [-0.2, 0) is 13.2 Å². The van der Waals surface area contributed by atoms with Gasteiger partial charge in [-0.25, -0.2) is 0 Å². The third kappa shape index (κ3) is 4.74. The van der Waals surface area contributed by atoms with Crippen molar-refractivity contribution in [3.05, 3.63) is 70.5 Å². The lowest BCUT2D eigenvalue weighted by molar-refractivity contribution is 0.102. The van der Waals surface area contributed by atoms with Crippen molar-refractivity contribution < 1.29 is 9.53 Å². The summed E-state index contributed by atoms with van der Waals surface area (Å²) in [7, 11) is 0. The highest BCUT2D eigenvalue weighted by Crippen LogP contribution is 2.20. The average Bonchev–Trinajstić information content (AvgIpc) is 3.07. The van der Waals surface area contributed by atoms with Crippen molar-refractivity contribution in [2.75, 3.05) is 5.75 Å². The zero-order valence-electron chi connectivity index (χ0n) is 14.3. The Kier molecular flexibility index (Phi) is 6.46. The number of nitrogens with zero attached hydrogens (tertiary/aromatic N) is 3. The molecule has 0 atom stereocenters. The molecule has 0 amide bonds. The van der Waals surface area contributed by atoms with Gasteiger partial charge in [-0.15, -0.1) is 10.2 Å². The van der Waals surface area contributed by atoms with Gasteiger partial charge in [0.2, 0.25) is 0 Å². The van der Waals surface area contributed by atoms with Crippen LogP contribution in [0.1, 0.15) is 23.1 Å². The zero-order chi connectivity index (χ0) is 18.4. The Morgan fingerprint density at radius 1 is 1.12 bits per heavy atom. The van der Waals surface area contributed by atoms with Crippen LogP contribution in [0, 0.1) is 0 Å². The van der Waals surface area contributed by atoms with Crippen molar-refractivity contribution in [3.63, 3.8) is 0 Å². The predicted molar refractivity (Wildman–Crippen MR) is 106 cm³/mol. The molecule has 2 aromatic carbocycles. The molecule has 3 aromatic rings. The van der Waals surface area contributed by atoms with Crippen LogP contribution >= 0.6 is 27.7 Å².